The topological polar surface area (TPSA) is 44.1 Å². The first-order valence-electron chi connectivity index (χ1n) is 8.95. The molecule has 1 aliphatic heterocycles. The molecular weight excluding hydrogens is 377 g/mol. The van der Waals surface area contributed by atoms with Crippen molar-refractivity contribution in [2.75, 3.05) is 11.9 Å². The molecular formula is C23H19F3N2O. The van der Waals surface area contributed by atoms with E-state index in [4.69, 9.17) is 0 Å². The number of para-hydroxylation sites is 1. The number of carbonyl (C=O) groups is 1. The van der Waals surface area contributed by atoms with E-state index in [2.05, 4.69) is 0 Å². The van der Waals surface area contributed by atoms with E-state index in [1.54, 1.807) is 6.08 Å². The lowest BCUT2D eigenvalue weighted by Gasteiger charge is -2.23. The Kier molecular flexibility index (Phi) is 5.10. The van der Waals surface area contributed by atoms with Gasteiger partial charge in [-0.05, 0) is 35.9 Å². The van der Waals surface area contributed by atoms with Crippen LogP contribution in [-0.4, -0.2) is 12.8 Å². The molecule has 2 aromatic carbocycles. The molecule has 0 amide bonds. The Balaban J connectivity index is 1.98. The number of hydrogen-bond donors (Lipinski definition) is 0. The molecule has 3 rings (SSSR count). The molecule has 0 radical (unpaired) electrons. The first-order chi connectivity index (χ1) is 13.6. The lowest BCUT2D eigenvalue weighted by molar-refractivity contribution is -0.137. The van der Waals surface area contributed by atoms with Gasteiger partial charge in [0.05, 0.1) is 11.1 Å². The van der Waals surface area contributed by atoms with Gasteiger partial charge >= 0.3 is 6.18 Å². The number of fused-ring (bicyclic) bond motifs is 1. The van der Waals surface area contributed by atoms with Crippen molar-refractivity contribution in [3.8, 4) is 6.07 Å². The number of nitriles is 1. The van der Waals surface area contributed by atoms with Gasteiger partial charge in [0, 0.05) is 29.4 Å². The molecule has 1 aliphatic rings. The van der Waals surface area contributed by atoms with E-state index in [1.165, 1.54) is 12.1 Å². The largest absolute Gasteiger partial charge is 0.416 e. The summed E-state index contributed by atoms with van der Waals surface area (Å²) in [7, 11) is 1.90. The summed E-state index contributed by atoms with van der Waals surface area (Å²) in [5.74, 6) is -0.744. The van der Waals surface area contributed by atoms with Crippen LogP contribution in [0.3, 0.4) is 0 Å². The maximum absolute atomic E-state index is 12.9. The number of ketones is 1. The monoisotopic (exact) mass is 396 g/mol. The highest BCUT2D eigenvalue weighted by molar-refractivity contribution is 6.11. The fraction of sp³-hybridized carbons (Fsp3) is 0.217. The standard InChI is InChI=1S/C23H19F3N2O/c1-22(2)18-9-4-5-10-19(18)28(3)20(22)12-11-16(14-27)21(29)15-7-6-8-17(13-15)23(24,25)26/h4-13H,1-3H3/b16-11-,20-12-. The zero-order valence-electron chi connectivity index (χ0n) is 16.2. The molecule has 1 heterocycles. The Bertz CT molecular complexity index is 1070. The minimum absolute atomic E-state index is 0.173. The van der Waals surface area contributed by atoms with Gasteiger partial charge in [-0.25, -0.2) is 0 Å². The Morgan fingerprint density at radius 1 is 1.14 bits per heavy atom. The van der Waals surface area contributed by atoms with E-state index in [0.717, 1.165) is 35.1 Å². The van der Waals surface area contributed by atoms with Gasteiger partial charge in [-0.15, -0.1) is 0 Å². The number of Topliss-reactive ketones (excluding diaryl/α,β-unsaturated/α-hetero) is 1. The van der Waals surface area contributed by atoms with E-state index in [1.807, 2.05) is 56.1 Å². The molecule has 0 bridgehead atoms. The summed E-state index contributed by atoms with van der Waals surface area (Å²) in [5, 5.41) is 9.43. The second kappa shape index (κ2) is 7.25. The highest BCUT2D eigenvalue weighted by Crippen LogP contribution is 2.46. The molecule has 6 heteroatoms. The third kappa shape index (κ3) is 3.68. The maximum atomic E-state index is 12.9. The summed E-state index contributed by atoms with van der Waals surface area (Å²) in [6, 6.07) is 13.8. The molecule has 0 saturated heterocycles. The molecule has 0 aromatic heterocycles. The minimum Gasteiger partial charge on any atom is -0.347 e. The van der Waals surface area contributed by atoms with E-state index in [-0.39, 0.29) is 16.6 Å². The van der Waals surface area contributed by atoms with Gasteiger partial charge in [0.25, 0.3) is 0 Å². The fourth-order valence-electron chi connectivity index (χ4n) is 3.62. The van der Waals surface area contributed by atoms with Crippen LogP contribution < -0.4 is 4.90 Å². The number of alkyl halides is 3. The summed E-state index contributed by atoms with van der Waals surface area (Å²) in [4.78, 5) is 14.6. The summed E-state index contributed by atoms with van der Waals surface area (Å²) in [5.41, 5.74) is 1.35. The molecule has 0 spiro atoms. The molecule has 3 nitrogen and oxygen atoms in total. The fourth-order valence-corrected chi connectivity index (χ4v) is 3.62. The van der Waals surface area contributed by atoms with Gasteiger partial charge in [0.2, 0.25) is 5.78 Å². The lowest BCUT2D eigenvalue weighted by Crippen LogP contribution is -2.22. The second-order valence-electron chi connectivity index (χ2n) is 7.35. The second-order valence-corrected chi connectivity index (χ2v) is 7.35. The Hall–Kier alpha value is -3.33. The maximum Gasteiger partial charge on any atom is 0.416 e. The van der Waals surface area contributed by atoms with Crippen molar-refractivity contribution in [2.45, 2.75) is 25.4 Å². The minimum atomic E-state index is -4.56. The third-order valence-electron chi connectivity index (χ3n) is 5.17. The number of carbonyl (C=O) groups excluding carboxylic acids is 1. The average molecular weight is 396 g/mol. The van der Waals surface area contributed by atoms with Crippen molar-refractivity contribution < 1.29 is 18.0 Å². The van der Waals surface area contributed by atoms with E-state index < -0.39 is 17.5 Å². The van der Waals surface area contributed by atoms with Crippen LogP contribution in [0.4, 0.5) is 18.9 Å². The zero-order valence-corrected chi connectivity index (χ0v) is 16.2. The Morgan fingerprint density at radius 2 is 1.83 bits per heavy atom. The number of hydrogen-bond acceptors (Lipinski definition) is 3. The van der Waals surface area contributed by atoms with Crippen LogP contribution in [0, 0.1) is 11.3 Å². The number of rotatable bonds is 3. The summed E-state index contributed by atoms with van der Waals surface area (Å²) in [6.45, 7) is 4.07. The van der Waals surface area contributed by atoms with Gasteiger partial charge in [0.15, 0.2) is 0 Å². The van der Waals surface area contributed by atoms with E-state index in [0.29, 0.717) is 0 Å². The smallest absolute Gasteiger partial charge is 0.347 e. The number of likely N-dealkylation sites (N-methyl/N-ethyl adjacent to an activating group) is 1. The lowest BCUT2D eigenvalue weighted by atomic mass is 9.83. The van der Waals surface area contributed by atoms with Crippen LogP contribution >= 0.6 is 0 Å². The van der Waals surface area contributed by atoms with Gasteiger partial charge < -0.3 is 4.90 Å². The van der Waals surface area contributed by atoms with Gasteiger partial charge in [-0.3, -0.25) is 4.79 Å². The van der Waals surface area contributed by atoms with Crippen LogP contribution in [0.25, 0.3) is 0 Å². The average Bonchev–Trinajstić information content (AvgIpc) is 2.88. The normalized spacial score (nSPS) is 17.2. The highest BCUT2D eigenvalue weighted by atomic mass is 19.4. The SMILES string of the molecule is CN1/C(=C\C=C(\C#N)C(=O)c2cccc(C(F)(F)F)c2)C(C)(C)c2ccccc21. The number of nitrogens with zero attached hydrogens (tertiary/aromatic N) is 2. The van der Waals surface area contributed by atoms with Crippen molar-refractivity contribution in [2.24, 2.45) is 0 Å². The van der Waals surface area contributed by atoms with Crippen molar-refractivity contribution in [1.82, 2.24) is 0 Å². The van der Waals surface area contributed by atoms with Crippen LogP contribution in [0.5, 0.6) is 0 Å². The molecule has 0 N–H and O–H groups in total. The van der Waals surface area contributed by atoms with Crippen molar-refractivity contribution >= 4 is 11.5 Å². The number of halogens is 3. The Morgan fingerprint density at radius 3 is 2.45 bits per heavy atom. The predicted molar refractivity (Wildman–Crippen MR) is 105 cm³/mol. The van der Waals surface area contributed by atoms with Crippen molar-refractivity contribution in [1.29, 1.82) is 5.26 Å². The third-order valence-corrected chi connectivity index (χ3v) is 5.17. The van der Waals surface area contributed by atoms with Gasteiger partial charge in [-0.2, -0.15) is 18.4 Å². The zero-order chi connectivity index (χ0) is 21.4. The number of benzene rings is 2. The molecule has 0 saturated carbocycles. The van der Waals surface area contributed by atoms with Gasteiger partial charge in [-0.1, -0.05) is 44.2 Å². The summed E-state index contributed by atoms with van der Waals surface area (Å²) in [6.07, 6.45) is -1.50. The molecule has 0 unspecified atom stereocenters. The summed E-state index contributed by atoms with van der Waals surface area (Å²) < 4.78 is 38.8. The molecule has 29 heavy (non-hydrogen) atoms. The van der Waals surface area contributed by atoms with Crippen molar-refractivity contribution in [3.63, 3.8) is 0 Å². The molecule has 2 aromatic rings. The van der Waals surface area contributed by atoms with Crippen LogP contribution in [0.1, 0.15) is 35.3 Å². The summed E-state index contributed by atoms with van der Waals surface area (Å²) >= 11 is 0. The predicted octanol–water partition coefficient (Wildman–Crippen LogP) is 5.65. The number of anilines is 1. The van der Waals surface area contributed by atoms with Crippen LogP contribution in [0.2, 0.25) is 0 Å². The quantitative estimate of drug-likeness (QED) is 0.383. The molecule has 0 fully saturated rings. The van der Waals surface area contributed by atoms with Crippen molar-refractivity contribution in [3.05, 3.63) is 88.6 Å². The van der Waals surface area contributed by atoms with E-state index >= 15 is 0 Å². The molecule has 148 valence electrons. The highest BCUT2D eigenvalue weighted by Gasteiger charge is 2.37. The van der Waals surface area contributed by atoms with E-state index in [9.17, 15) is 23.2 Å². The first-order valence-corrected chi connectivity index (χ1v) is 8.95. The Labute approximate surface area is 167 Å². The first kappa shape index (κ1) is 20.4. The number of allylic oxidation sites excluding steroid dienone is 4. The molecule has 0 atom stereocenters. The van der Waals surface area contributed by atoms with Crippen LogP contribution in [0.15, 0.2) is 72.0 Å². The van der Waals surface area contributed by atoms with Crippen LogP contribution in [-0.2, 0) is 11.6 Å². The van der Waals surface area contributed by atoms with Gasteiger partial charge in [0.1, 0.15) is 6.07 Å². The molecule has 0 aliphatic carbocycles.